The van der Waals surface area contributed by atoms with E-state index in [0.29, 0.717) is 26.5 Å². The summed E-state index contributed by atoms with van der Waals surface area (Å²) >= 11 is 11.2. The lowest BCUT2D eigenvalue weighted by molar-refractivity contribution is -0.125. The van der Waals surface area contributed by atoms with Crippen LogP contribution in [-0.4, -0.2) is 35.1 Å². The molecule has 1 aliphatic heterocycles. The number of carbonyl (C=O) groups excluding carboxylic acids is 3. The number of Topliss-reactive ketones (excluding diaryl/α,β-unsaturated/α-hetero) is 1. The largest absolute Gasteiger partial charge is 0.354 e. The van der Waals surface area contributed by atoms with Gasteiger partial charge >= 0.3 is 0 Å². The minimum absolute atomic E-state index is 0.0977. The van der Waals surface area contributed by atoms with E-state index in [-0.39, 0.29) is 17.6 Å². The first-order chi connectivity index (χ1) is 19.4. The fourth-order valence-electron chi connectivity index (χ4n) is 5.56. The normalized spacial score (nSPS) is 20.3. The highest BCUT2D eigenvalue weighted by atomic mass is 79.9. The molecule has 1 saturated heterocycles. The zero-order valence-corrected chi connectivity index (χ0v) is 25.0. The number of rotatable bonds is 8. The van der Waals surface area contributed by atoms with Gasteiger partial charge in [0.2, 0.25) is 5.91 Å². The number of hydrogen-bond acceptors (Lipinski definition) is 4. The first-order valence-electron chi connectivity index (χ1n) is 13.2. The van der Waals surface area contributed by atoms with Crippen molar-refractivity contribution in [2.75, 3.05) is 6.54 Å². The molecule has 40 heavy (non-hydrogen) atoms. The second-order valence-corrected chi connectivity index (χ2v) is 12.0. The van der Waals surface area contributed by atoms with E-state index in [1.165, 1.54) is 11.3 Å². The van der Waals surface area contributed by atoms with Gasteiger partial charge in [0.25, 0.3) is 5.91 Å². The maximum Gasteiger partial charge on any atom is 0.256 e. The molecule has 4 aromatic rings. The zero-order valence-electron chi connectivity index (χ0n) is 21.8. The smallest absolute Gasteiger partial charge is 0.256 e. The van der Waals surface area contributed by atoms with Crippen molar-refractivity contribution < 1.29 is 14.4 Å². The number of benzene rings is 3. The third-order valence-electron chi connectivity index (χ3n) is 7.29. The number of thiophene rings is 1. The summed E-state index contributed by atoms with van der Waals surface area (Å²) in [7, 11) is 0. The summed E-state index contributed by atoms with van der Waals surface area (Å²) in [5.74, 6) is -2.03. The number of likely N-dealkylation sites (tertiary alicyclic amines) is 1. The van der Waals surface area contributed by atoms with Gasteiger partial charge in [-0.15, -0.1) is 11.3 Å². The molecule has 0 spiro atoms. The van der Waals surface area contributed by atoms with Crippen LogP contribution in [0.25, 0.3) is 0 Å². The van der Waals surface area contributed by atoms with E-state index in [1.54, 1.807) is 41.3 Å². The number of nitrogens with one attached hydrogen (secondary N) is 1. The van der Waals surface area contributed by atoms with E-state index in [2.05, 4.69) is 21.2 Å². The quantitative estimate of drug-likeness (QED) is 0.204. The number of nitrogens with zero attached hydrogens (tertiary/aromatic N) is 1. The molecular formula is C32H28BrClN2O3S. The predicted octanol–water partition coefficient (Wildman–Crippen LogP) is 7.54. The molecule has 1 fully saturated rings. The standard InChI is InChI=1S/C32H28BrClN2O3S/c1-2-18-35-31(38)29-26(20-14-16-22(34)17-15-20)27(30(37)25-13-8-19-40-25)28(21-9-4-3-5-10-21)36(29)32(39)23-11-6-7-12-24(23)33/h3-17,19,26-29H,2,18H2,1H3,(H,35,38). The number of hydrogen-bond donors (Lipinski definition) is 1. The Balaban J connectivity index is 1.78. The summed E-state index contributed by atoms with van der Waals surface area (Å²) in [6, 6.07) is 26.0. The Labute approximate surface area is 251 Å². The molecule has 0 bridgehead atoms. The first kappa shape index (κ1) is 28.3. The highest BCUT2D eigenvalue weighted by Gasteiger charge is 2.57. The van der Waals surface area contributed by atoms with Crippen LogP contribution >= 0.6 is 38.9 Å². The molecule has 8 heteroatoms. The Bertz CT molecular complexity index is 1490. The third-order valence-corrected chi connectivity index (χ3v) is 9.11. The SMILES string of the molecule is CCCNC(=O)C1C(c2ccc(Cl)cc2)C(C(=O)c2cccs2)C(c2ccccc2)N1C(=O)c1ccccc1Br. The minimum atomic E-state index is -0.938. The van der Waals surface area contributed by atoms with Gasteiger partial charge in [0.1, 0.15) is 6.04 Å². The van der Waals surface area contributed by atoms with Crippen LogP contribution in [0, 0.1) is 5.92 Å². The highest BCUT2D eigenvalue weighted by molar-refractivity contribution is 9.10. The van der Waals surface area contributed by atoms with Crippen LogP contribution in [0.3, 0.4) is 0 Å². The highest BCUT2D eigenvalue weighted by Crippen LogP contribution is 2.52. The molecule has 1 aromatic heterocycles. The molecule has 5 nitrogen and oxygen atoms in total. The van der Waals surface area contributed by atoms with Crippen molar-refractivity contribution >= 4 is 56.5 Å². The lowest BCUT2D eigenvalue weighted by Crippen LogP contribution is -2.49. The van der Waals surface area contributed by atoms with Crippen molar-refractivity contribution in [2.24, 2.45) is 5.92 Å². The van der Waals surface area contributed by atoms with Crippen molar-refractivity contribution in [1.82, 2.24) is 10.2 Å². The minimum Gasteiger partial charge on any atom is -0.354 e. The fraction of sp³-hybridized carbons (Fsp3) is 0.219. The van der Waals surface area contributed by atoms with E-state index in [1.807, 2.05) is 66.9 Å². The second kappa shape index (κ2) is 12.5. The van der Waals surface area contributed by atoms with Crippen LogP contribution in [0.4, 0.5) is 0 Å². The monoisotopic (exact) mass is 634 g/mol. The third kappa shape index (κ3) is 5.51. The summed E-state index contributed by atoms with van der Waals surface area (Å²) < 4.78 is 0.621. The van der Waals surface area contributed by atoms with Gasteiger partial charge in [-0.05, 0) is 69.2 Å². The van der Waals surface area contributed by atoms with Gasteiger partial charge in [-0.2, -0.15) is 0 Å². The summed E-state index contributed by atoms with van der Waals surface area (Å²) in [5, 5.41) is 5.44. The predicted molar refractivity (Wildman–Crippen MR) is 163 cm³/mol. The van der Waals surface area contributed by atoms with Gasteiger partial charge in [-0.1, -0.05) is 79.2 Å². The molecule has 2 heterocycles. The van der Waals surface area contributed by atoms with Crippen molar-refractivity contribution in [1.29, 1.82) is 0 Å². The van der Waals surface area contributed by atoms with Crippen LogP contribution in [0.1, 0.15) is 56.5 Å². The molecule has 1 N–H and O–H groups in total. The van der Waals surface area contributed by atoms with Gasteiger partial charge in [0, 0.05) is 22.0 Å². The Hall–Kier alpha value is -3.26. The fourth-order valence-corrected chi connectivity index (χ4v) is 6.86. The van der Waals surface area contributed by atoms with E-state index in [0.717, 1.165) is 17.5 Å². The van der Waals surface area contributed by atoms with Crippen LogP contribution in [0.2, 0.25) is 5.02 Å². The Kier molecular flexibility index (Phi) is 8.84. The molecular weight excluding hydrogens is 608 g/mol. The zero-order chi connectivity index (χ0) is 28.2. The van der Waals surface area contributed by atoms with Crippen LogP contribution in [-0.2, 0) is 4.79 Å². The summed E-state index contributed by atoms with van der Waals surface area (Å²) in [5.41, 5.74) is 2.00. The van der Waals surface area contributed by atoms with Gasteiger partial charge in [-0.3, -0.25) is 14.4 Å². The molecule has 0 radical (unpaired) electrons. The van der Waals surface area contributed by atoms with E-state index >= 15 is 0 Å². The van der Waals surface area contributed by atoms with Gasteiger partial charge in [-0.25, -0.2) is 0 Å². The molecule has 2 amide bonds. The molecule has 0 aliphatic carbocycles. The topological polar surface area (TPSA) is 66.5 Å². The molecule has 4 unspecified atom stereocenters. The number of ketones is 1. The molecule has 1 aliphatic rings. The average Bonchev–Trinajstić information content (AvgIpc) is 3.64. The Morgan fingerprint density at radius 1 is 0.900 bits per heavy atom. The second-order valence-electron chi connectivity index (χ2n) is 9.73. The molecule has 204 valence electrons. The van der Waals surface area contributed by atoms with Crippen LogP contribution in [0.15, 0.2) is 101 Å². The van der Waals surface area contributed by atoms with Gasteiger partial charge in [0.15, 0.2) is 5.78 Å². The lowest BCUT2D eigenvalue weighted by atomic mass is 9.77. The van der Waals surface area contributed by atoms with Crippen LogP contribution < -0.4 is 5.32 Å². The maximum atomic E-state index is 14.5. The van der Waals surface area contributed by atoms with Gasteiger partial charge in [0.05, 0.1) is 22.4 Å². The molecule has 3 aromatic carbocycles. The number of amides is 2. The Morgan fingerprint density at radius 3 is 2.25 bits per heavy atom. The summed E-state index contributed by atoms with van der Waals surface area (Å²) in [6.07, 6.45) is 0.738. The molecule has 4 atom stereocenters. The lowest BCUT2D eigenvalue weighted by Gasteiger charge is -2.32. The van der Waals surface area contributed by atoms with Crippen molar-refractivity contribution in [3.63, 3.8) is 0 Å². The summed E-state index contributed by atoms with van der Waals surface area (Å²) in [6.45, 7) is 2.44. The molecule has 0 saturated carbocycles. The Morgan fingerprint density at radius 2 is 1.60 bits per heavy atom. The number of carbonyl (C=O) groups is 3. The summed E-state index contributed by atoms with van der Waals surface area (Å²) in [4.78, 5) is 45.2. The van der Waals surface area contributed by atoms with Gasteiger partial charge < -0.3 is 10.2 Å². The van der Waals surface area contributed by atoms with Crippen molar-refractivity contribution in [3.05, 3.63) is 127 Å². The average molecular weight is 636 g/mol. The maximum absolute atomic E-state index is 14.5. The van der Waals surface area contributed by atoms with E-state index < -0.39 is 23.9 Å². The van der Waals surface area contributed by atoms with E-state index in [9.17, 15) is 14.4 Å². The van der Waals surface area contributed by atoms with E-state index in [4.69, 9.17) is 11.6 Å². The number of halogens is 2. The van der Waals surface area contributed by atoms with Crippen LogP contribution in [0.5, 0.6) is 0 Å². The first-order valence-corrected chi connectivity index (χ1v) is 15.2. The molecule has 5 rings (SSSR count). The van der Waals surface area contributed by atoms with Crippen molar-refractivity contribution in [3.8, 4) is 0 Å². The van der Waals surface area contributed by atoms with Crippen molar-refractivity contribution in [2.45, 2.75) is 31.3 Å².